The highest BCUT2D eigenvalue weighted by molar-refractivity contribution is 5.74. The maximum atomic E-state index is 9.41. The summed E-state index contributed by atoms with van der Waals surface area (Å²) >= 11 is 0. The zero-order valence-corrected chi connectivity index (χ0v) is 8.73. The van der Waals surface area contributed by atoms with Crippen LogP contribution in [0.3, 0.4) is 0 Å². The Morgan fingerprint density at radius 2 is 2.13 bits per heavy atom. The lowest BCUT2D eigenvalue weighted by molar-refractivity contribution is 0.471. The predicted octanol–water partition coefficient (Wildman–Crippen LogP) is 1.68. The van der Waals surface area contributed by atoms with E-state index in [2.05, 4.69) is 5.10 Å². The van der Waals surface area contributed by atoms with E-state index in [1.165, 1.54) is 0 Å². The highest BCUT2D eigenvalue weighted by atomic mass is 16.3. The first-order valence-electron chi connectivity index (χ1n) is 4.67. The van der Waals surface area contributed by atoms with Crippen LogP contribution in [0, 0.1) is 6.92 Å². The monoisotopic (exact) mass is 203 g/mol. The number of aromatic nitrogens is 2. The van der Waals surface area contributed by atoms with Gasteiger partial charge in [0.1, 0.15) is 11.6 Å². The number of rotatable bonds is 1. The van der Waals surface area contributed by atoms with Crippen LogP contribution in [0.15, 0.2) is 24.4 Å². The molecule has 78 valence electrons. The molecular weight excluding hydrogens is 190 g/mol. The Bertz CT molecular complexity index is 503. The van der Waals surface area contributed by atoms with Crippen LogP contribution in [-0.2, 0) is 7.05 Å². The number of nitrogens with two attached hydrogens (primary N) is 1. The topological polar surface area (TPSA) is 64.1 Å². The molecule has 0 aliphatic carbocycles. The summed E-state index contributed by atoms with van der Waals surface area (Å²) in [7, 11) is 1.80. The molecule has 0 aliphatic rings. The van der Waals surface area contributed by atoms with Crippen molar-refractivity contribution < 1.29 is 5.11 Å². The number of aromatic hydroxyl groups is 1. The molecule has 0 amide bonds. The first kappa shape index (κ1) is 9.58. The van der Waals surface area contributed by atoms with E-state index >= 15 is 0 Å². The largest absolute Gasteiger partial charge is 0.508 e. The van der Waals surface area contributed by atoms with Crippen molar-refractivity contribution in [1.82, 2.24) is 9.78 Å². The summed E-state index contributed by atoms with van der Waals surface area (Å²) < 4.78 is 1.62. The third-order valence-electron chi connectivity index (χ3n) is 2.49. The Labute approximate surface area is 88.0 Å². The first-order chi connectivity index (χ1) is 7.09. The lowest BCUT2D eigenvalue weighted by Gasteiger charge is -2.03. The average molecular weight is 203 g/mol. The summed E-state index contributed by atoms with van der Waals surface area (Å²) in [4.78, 5) is 0. The van der Waals surface area contributed by atoms with Crippen molar-refractivity contribution in [3.05, 3.63) is 30.0 Å². The third-order valence-corrected chi connectivity index (χ3v) is 2.49. The number of hydrogen-bond donors (Lipinski definition) is 2. The second kappa shape index (κ2) is 3.31. The Hall–Kier alpha value is -1.97. The second-order valence-electron chi connectivity index (χ2n) is 3.57. The minimum atomic E-state index is 0.293. The maximum absolute atomic E-state index is 9.41. The van der Waals surface area contributed by atoms with Gasteiger partial charge in [0.15, 0.2) is 0 Å². The number of benzene rings is 1. The van der Waals surface area contributed by atoms with E-state index in [9.17, 15) is 5.11 Å². The standard InChI is InChI=1S/C11H13N3O/c1-7-5-8(3-4-10(7)15)9-6-13-14(2)11(9)12/h3-6,15H,12H2,1-2H3. The van der Waals surface area contributed by atoms with Crippen molar-refractivity contribution in [1.29, 1.82) is 0 Å². The fourth-order valence-electron chi connectivity index (χ4n) is 1.49. The van der Waals surface area contributed by atoms with Crippen LogP contribution in [0.1, 0.15) is 5.56 Å². The molecule has 4 heteroatoms. The van der Waals surface area contributed by atoms with Crippen LogP contribution in [0.25, 0.3) is 11.1 Å². The molecule has 2 aromatic rings. The molecule has 0 unspecified atom stereocenters. The van der Waals surface area contributed by atoms with Gasteiger partial charge >= 0.3 is 0 Å². The Morgan fingerprint density at radius 1 is 1.40 bits per heavy atom. The van der Waals surface area contributed by atoms with Gasteiger partial charge in [0, 0.05) is 12.6 Å². The number of anilines is 1. The van der Waals surface area contributed by atoms with Gasteiger partial charge < -0.3 is 10.8 Å². The van der Waals surface area contributed by atoms with E-state index in [0.29, 0.717) is 11.6 Å². The number of aryl methyl sites for hydroxylation is 2. The van der Waals surface area contributed by atoms with E-state index in [1.807, 2.05) is 19.1 Å². The molecule has 0 saturated carbocycles. The molecule has 3 N–H and O–H groups in total. The Morgan fingerprint density at radius 3 is 2.67 bits per heavy atom. The Balaban J connectivity index is 2.55. The molecule has 0 fully saturated rings. The van der Waals surface area contributed by atoms with Crippen molar-refractivity contribution in [3.8, 4) is 16.9 Å². The van der Waals surface area contributed by atoms with Crippen molar-refractivity contribution in [2.75, 3.05) is 5.73 Å². The molecular formula is C11H13N3O. The van der Waals surface area contributed by atoms with E-state index < -0.39 is 0 Å². The summed E-state index contributed by atoms with van der Waals surface area (Å²) in [5, 5.41) is 13.5. The van der Waals surface area contributed by atoms with Crippen molar-refractivity contribution >= 4 is 5.82 Å². The van der Waals surface area contributed by atoms with Crippen molar-refractivity contribution in [3.63, 3.8) is 0 Å². The van der Waals surface area contributed by atoms with Crippen LogP contribution in [0.5, 0.6) is 5.75 Å². The third kappa shape index (κ3) is 1.54. The molecule has 2 rings (SSSR count). The number of phenols is 1. The van der Waals surface area contributed by atoms with E-state index in [-0.39, 0.29) is 0 Å². The number of phenolic OH excluding ortho intramolecular Hbond substituents is 1. The zero-order valence-electron chi connectivity index (χ0n) is 8.73. The highest BCUT2D eigenvalue weighted by Gasteiger charge is 2.08. The molecule has 0 saturated heterocycles. The maximum Gasteiger partial charge on any atom is 0.129 e. The second-order valence-corrected chi connectivity index (χ2v) is 3.57. The van der Waals surface area contributed by atoms with Gasteiger partial charge in [-0.3, -0.25) is 4.68 Å². The van der Waals surface area contributed by atoms with E-state index in [0.717, 1.165) is 16.7 Å². The van der Waals surface area contributed by atoms with E-state index in [4.69, 9.17) is 5.73 Å². The fourth-order valence-corrected chi connectivity index (χ4v) is 1.49. The van der Waals surface area contributed by atoms with Crippen molar-refractivity contribution in [2.24, 2.45) is 7.05 Å². The van der Waals surface area contributed by atoms with Gasteiger partial charge in [-0.15, -0.1) is 0 Å². The van der Waals surface area contributed by atoms with Gasteiger partial charge in [0.05, 0.1) is 6.20 Å². The van der Waals surface area contributed by atoms with Crippen molar-refractivity contribution in [2.45, 2.75) is 6.92 Å². The predicted molar refractivity (Wildman–Crippen MR) is 59.5 cm³/mol. The minimum Gasteiger partial charge on any atom is -0.508 e. The van der Waals surface area contributed by atoms with Gasteiger partial charge in [-0.25, -0.2) is 0 Å². The van der Waals surface area contributed by atoms with E-state index in [1.54, 1.807) is 24.0 Å². The molecule has 0 radical (unpaired) electrons. The lowest BCUT2D eigenvalue weighted by Crippen LogP contribution is -1.98. The normalized spacial score (nSPS) is 10.5. The minimum absolute atomic E-state index is 0.293. The van der Waals surface area contributed by atoms with Gasteiger partial charge in [0.25, 0.3) is 0 Å². The van der Waals surface area contributed by atoms with Gasteiger partial charge in [0.2, 0.25) is 0 Å². The van der Waals surface area contributed by atoms with Crippen LogP contribution >= 0.6 is 0 Å². The summed E-state index contributed by atoms with van der Waals surface area (Å²) in [6, 6.07) is 5.38. The summed E-state index contributed by atoms with van der Waals surface area (Å²) in [5.74, 6) is 0.918. The highest BCUT2D eigenvalue weighted by Crippen LogP contribution is 2.28. The molecule has 4 nitrogen and oxygen atoms in total. The van der Waals surface area contributed by atoms with Crippen LogP contribution in [0.2, 0.25) is 0 Å². The lowest BCUT2D eigenvalue weighted by atomic mass is 10.1. The van der Waals surface area contributed by atoms with Crippen LogP contribution in [-0.4, -0.2) is 14.9 Å². The zero-order chi connectivity index (χ0) is 11.0. The average Bonchev–Trinajstić information content (AvgIpc) is 2.53. The molecule has 1 aromatic heterocycles. The molecule has 0 spiro atoms. The Kier molecular flexibility index (Phi) is 2.11. The van der Waals surface area contributed by atoms with Gasteiger partial charge in [-0.2, -0.15) is 5.10 Å². The quantitative estimate of drug-likeness (QED) is 0.741. The van der Waals surface area contributed by atoms with Crippen LogP contribution in [0.4, 0.5) is 5.82 Å². The molecule has 1 heterocycles. The van der Waals surface area contributed by atoms with Gasteiger partial charge in [-0.1, -0.05) is 6.07 Å². The number of hydrogen-bond acceptors (Lipinski definition) is 3. The first-order valence-corrected chi connectivity index (χ1v) is 4.67. The summed E-state index contributed by atoms with van der Waals surface area (Å²) in [6.07, 6.45) is 1.72. The molecule has 0 bridgehead atoms. The molecule has 0 atom stereocenters. The SMILES string of the molecule is Cc1cc(-c2cnn(C)c2N)ccc1O. The molecule has 0 aliphatic heterocycles. The smallest absolute Gasteiger partial charge is 0.129 e. The fraction of sp³-hybridized carbons (Fsp3) is 0.182. The number of nitrogens with zero attached hydrogens (tertiary/aromatic N) is 2. The van der Waals surface area contributed by atoms with Gasteiger partial charge in [-0.05, 0) is 30.2 Å². The number of nitrogen functional groups attached to an aromatic ring is 1. The van der Waals surface area contributed by atoms with Crippen LogP contribution < -0.4 is 5.73 Å². The summed E-state index contributed by atoms with van der Waals surface area (Å²) in [5.41, 5.74) is 8.55. The molecule has 15 heavy (non-hydrogen) atoms. The molecule has 1 aromatic carbocycles. The summed E-state index contributed by atoms with van der Waals surface area (Å²) in [6.45, 7) is 1.85.